The highest BCUT2D eigenvalue weighted by Gasteiger charge is 2.24. The van der Waals surface area contributed by atoms with E-state index in [1.807, 2.05) is 92.5 Å². The Labute approximate surface area is 208 Å². The van der Waals surface area contributed by atoms with E-state index < -0.39 is 0 Å². The summed E-state index contributed by atoms with van der Waals surface area (Å²) in [6, 6.07) is 17.2. The van der Waals surface area contributed by atoms with Crippen molar-refractivity contribution in [3.05, 3.63) is 90.1 Å². The van der Waals surface area contributed by atoms with Crippen molar-refractivity contribution < 1.29 is 4.79 Å². The summed E-state index contributed by atoms with van der Waals surface area (Å²) in [4.78, 5) is 17.7. The van der Waals surface area contributed by atoms with Gasteiger partial charge in [0.05, 0.1) is 23.3 Å². The number of hydrogen-bond donors (Lipinski definition) is 1. The summed E-state index contributed by atoms with van der Waals surface area (Å²) in [6.45, 7) is 4.08. The fourth-order valence-corrected chi connectivity index (χ4v) is 4.45. The zero-order valence-corrected chi connectivity index (χ0v) is 20.4. The lowest BCUT2D eigenvalue weighted by molar-refractivity contribution is -0.118. The monoisotopic (exact) mass is 484 g/mol. The van der Waals surface area contributed by atoms with Crippen molar-refractivity contribution in [3.63, 3.8) is 0 Å². The number of anilines is 1. The van der Waals surface area contributed by atoms with Crippen LogP contribution in [0, 0.1) is 5.92 Å². The molecule has 2 aromatic carbocycles. The van der Waals surface area contributed by atoms with Crippen LogP contribution in [-0.4, -0.2) is 30.3 Å². The number of aromatic nitrogens is 5. The predicted molar refractivity (Wildman–Crippen MR) is 138 cm³/mol. The van der Waals surface area contributed by atoms with Crippen LogP contribution >= 0.6 is 11.6 Å². The molecule has 0 saturated heterocycles. The van der Waals surface area contributed by atoms with Gasteiger partial charge in [0.25, 0.3) is 0 Å². The van der Waals surface area contributed by atoms with E-state index in [2.05, 4.69) is 26.6 Å². The first-order valence-corrected chi connectivity index (χ1v) is 11.8. The number of rotatable bonds is 6. The van der Waals surface area contributed by atoms with E-state index in [4.69, 9.17) is 11.6 Å². The van der Waals surface area contributed by atoms with E-state index >= 15 is 0 Å². The van der Waals surface area contributed by atoms with E-state index in [0.29, 0.717) is 5.02 Å². The molecular formula is C27H25ClN6O. The molecule has 5 rings (SSSR count). The van der Waals surface area contributed by atoms with Gasteiger partial charge in [-0.25, -0.2) is 9.50 Å². The number of nitrogens with one attached hydrogen (secondary N) is 1. The van der Waals surface area contributed by atoms with Crippen molar-refractivity contribution in [2.75, 3.05) is 5.32 Å². The van der Waals surface area contributed by atoms with Gasteiger partial charge in [0.2, 0.25) is 5.91 Å². The van der Waals surface area contributed by atoms with Crippen LogP contribution in [0.1, 0.15) is 25.3 Å². The van der Waals surface area contributed by atoms with Gasteiger partial charge in [0.1, 0.15) is 6.33 Å². The highest BCUT2D eigenvalue weighted by atomic mass is 35.5. The van der Waals surface area contributed by atoms with E-state index in [1.54, 1.807) is 11.0 Å². The Bertz CT molecular complexity index is 1480. The molecule has 0 radical (unpaired) electrons. The first kappa shape index (κ1) is 22.8. The van der Waals surface area contributed by atoms with Crippen LogP contribution < -0.4 is 5.32 Å². The first-order valence-electron chi connectivity index (χ1n) is 11.4. The molecule has 0 fully saturated rings. The van der Waals surface area contributed by atoms with Gasteiger partial charge in [-0.05, 0) is 41.8 Å². The number of carbonyl (C=O) groups is 1. The second-order valence-electron chi connectivity index (χ2n) is 8.91. The number of benzene rings is 2. The van der Waals surface area contributed by atoms with Crippen LogP contribution in [0.3, 0.4) is 0 Å². The summed E-state index contributed by atoms with van der Waals surface area (Å²) < 4.78 is 3.59. The third-order valence-corrected chi connectivity index (χ3v) is 6.30. The van der Waals surface area contributed by atoms with E-state index in [0.717, 1.165) is 39.2 Å². The number of halogens is 1. The number of amides is 1. The summed E-state index contributed by atoms with van der Waals surface area (Å²) >= 11 is 6.03. The Morgan fingerprint density at radius 1 is 0.943 bits per heavy atom. The van der Waals surface area contributed by atoms with E-state index in [-0.39, 0.29) is 17.7 Å². The Morgan fingerprint density at radius 2 is 1.69 bits per heavy atom. The highest BCUT2D eigenvalue weighted by Crippen LogP contribution is 2.30. The number of aryl methyl sites for hydroxylation is 1. The maximum Gasteiger partial charge on any atom is 0.232 e. The SMILES string of the molecule is CC(C)C(C(=O)Nc1ccc(-c2ncnn3cc(-c4cnn(C)c4)cc23)cc1)c1ccc(Cl)cc1. The molecule has 1 unspecified atom stereocenters. The highest BCUT2D eigenvalue weighted by molar-refractivity contribution is 6.30. The molecule has 0 aliphatic rings. The average Bonchev–Trinajstić information content (AvgIpc) is 3.47. The molecule has 8 heteroatoms. The van der Waals surface area contributed by atoms with Crippen molar-refractivity contribution in [1.29, 1.82) is 0 Å². The van der Waals surface area contributed by atoms with Crippen LogP contribution in [-0.2, 0) is 11.8 Å². The average molecular weight is 485 g/mol. The molecule has 35 heavy (non-hydrogen) atoms. The summed E-state index contributed by atoms with van der Waals surface area (Å²) in [5, 5.41) is 12.3. The maximum atomic E-state index is 13.1. The molecule has 176 valence electrons. The molecule has 0 bridgehead atoms. The zero-order valence-electron chi connectivity index (χ0n) is 19.7. The lowest BCUT2D eigenvalue weighted by atomic mass is 9.87. The Kier molecular flexibility index (Phi) is 6.09. The minimum atomic E-state index is -0.278. The summed E-state index contributed by atoms with van der Waals surface area (Å²) in [5.74, 6) is -0.194. The molecule has 3 heterocycles. The molecule has 5 aromatic rings. The van der Waals surface area contributed by atoms with Crippen LogP contribution in [0.15, 0.2) is 79.5 Å². The topological polar surface area (TPSA) is 77.1 Å². The lowest BCUT2D eigenvalue weighted by Gasteiger charge is -2.21. The van der Waals surface area contributed by atoms with Gasteiger partial charge >= 0.3 is 0 Å². The third kappa shape index (κ3) is 4.68. The molecule has 1 N–H and O–H groups in total. The van der Waals surface area contributed by atoms with Gasteiger partial charge in [0, 0.05) is 46.8 Å². The number of nitrogens with zero attached hydrogens (tertiary/aromatic N) is 5. The normalized spacial score (nSPS) is 12.3. The third-order valence-electron chi connectivity index (χ3n) is 6.05. The summed E-state index contributed by atoms with van der Waals surface area (Å²) in [7, 11) is 1.89. The number of carbonyl (C=O) groups excluding carboxylic acids is 1. The molecule has 7 nitrogen and oxygen atoms in total. The van der Waals surface area contributed by atoms with Crippen molar-refractivity contribution in [2.24, 2.45) is 13.0 Å². The van der Waals surface area contributed by atoms with Crippen LogP contribution in [0.2, 0.25) is 5.02 Å². The first-order chi connectivity index (χ1) is 16.9. The van der Waals surface area contributed by atoms with Crippen molar-refractivity contribution in [1.82, 2.24) is 24.4 Å². The van der Waals surface area contributed by atoms with Crippen LogP contribution in [0.25, 0.3) is 27.9 Å². The van der Waals surface area contributed by atoms with Crippen LogP contribution in [0.4, 0.5) is 5.69 Å². The quantitative estimate of drug-likeness (QED) is 0.329. The van der Waals surface area contributed by atoms with Crippen molar-refractivity contribution in [2.45, 2.75) is 19.8 Å². The van der Waals surface area contributed by atoms with Gasteiger partial charge in [-0.1, -0.05) is 49.7 Å². The minimum Gasteiger partial charge on any atom is -0.326 e. The van der Waals surface area contributed by atoms with Crippen molar-refractivity contribution >= 4 is 28.7 Å². The molecule has 3 aromatic heterocycles. The molecule has 1 amide bonds. The van der Waals surface area contributed by atoms with Crippen LogP contribution in [0.5, 0.6) is 0 Å². The standard InChI is InChI=1S/C27H25ClN6O/c1-17(2)25(18-4-8-22(28)9-5-18)27(35)32-23-10-6-19(7-11-23)26-24-12-20(15-34(24)31-16-29-26)21-13-30-33(3)14-21/h4-17,25H,1-3H3,(H,32,35). The number of fused-ring (bicyclic) bond motifs is 1. The Morgan fingerprint density at radius 3 is 2.34 bits per heavy atom. The maximum absolute atomic E-state index is 13.1. The van der Waals surface area contributed by atoms with Gasteiger partial charge in [0.15, 0.2) is 0 Å². The second-order valence-corrected chi connectivity index (χ2v) is 9.35. The van der Waals surface area contributed by atoms with Gasteiger partial charge in [-0.15, -0.1) is 0 Å². The fourth-order valence-electron chi connectivity index (χ4n) is 4.32. The molecule has 1 atom stereocenters. The minimum absolute atomic E-state index is 0.0489. The molecule has 0 spiro atoms. The Balaban J connectivity index is 1.39. The zero-order chi connectivity index (χ0) is 24.5. The summed E-state index contributed by atoms with van der Waals surface area (Å²) in [6.07, 6.45) is 7.31. The summed E-state index contributed by atoms with van der Waals surface area (Å²) in [5.41, 5.74) is 6.35. The largest absolute Gasteiger partial charge is 0.326 e. The van der Waals surface area contributed by atoms with Gasteiger partial charge < -0.3 is 5.32 Å². The molecule has 0 aliphatic heterocycles. The molecule has 0 saturated carbocycles. The van der Waals surface area contributed by atoms with E-state index in [1.165, 1.54) is 0 Å². The Hall–Kier alpha value is -3.97. The predicted octanol–water partition coefficient (Wildman–Crippen LogP) is 5.83. The fraction of sp³-hybridized carbons (Fsp3) is 0.185. The number of hydrogen-bond acceptors (Lipinski definition) is 4. The van der Waals surface area contributed by atoms with E-state index in [9.17, 15) is 4.79 Å². The molecule has 0 aliphatic carbocycles. The van der Waals surface area contributed by atoms with Gasteiger partial charge in [-0.3, -0.25) is 9.48 Å². The smallest absolute Gasteiger partial charge is 0.232 e. The molecular weight excluding hydrogens is 460 g/mol. The second kappa shape index (κ2) is 9.35. The lowest BCUT2D eigenvalue weighted by Crippen LogP contribution is -2.25. The van der Waals surface area contributed by atoms with Crippen molar-refractivity contribution in [3.8, 4) is 22.4 Å². The van der Waals surface area contributed by atoms with Gasteiger partial charge in [-0.2, -0.15) is 10.2 Å².